The predicted molar refractivity (Wildman–Crippen MR) is 70.4 cm³/mol. The highest BCUT2D eigenvalue weighted by molar-refractivity contribution is 6.10. The number of allylic oxidation sites excluding steroid dienone is 6. The number of likely N-dealkylation sites (tertiary alicyclic amines) is 1. The largest absolute Gasteiger partial charge is 0.481 e. The van der Waals surface area contributed by atoms with Gasteiger partial charge in [-0.25, -0.2) is 0 Å². The number of hydrogen-bond acceptors (Lipinski definition) is 3. The Morgan fingerprint density at radius 3 is 2.80 bits per heavy atom. The molecule has 102 valence electrons. The zero-order chi connectivity index (χ0) is 14.3. The molecule has 0 aromatic heterocycles. The number of amides is 2. The summed E-state index contributed by atoms with van der Waals surface area (Å²) in [6, 6.07) is 0. The lowest BCUT2D eigenvalue weighted by atomic mass is 9.71. The summed E-state index contributed by atoms with van der Waals surface area (Å²) < 4.78 is 0. The van der Waals surface area contributed by atoms with Crippen molar-refractivity contribution >= 4 is 17.8 Å². The first-order chi connectivity index (χ1) is 9.59. The fourth-order valence-corrected chi connectivity index (χ4v) is 2.89. The molecule has 2 atom stereocenters. The first-order valence-corrected chi connectivity index (χ1v) is 6.44. The summed E-state index contributed by atoms with van der Waals surface area (Å²) in [7, 11) is 0. The minimum absolute atomic E-state index is 0.0792. The summed E-state index contributed by atoms with van der Waals surface area (Å²) in [5.74, 6) is -2.33. The summed E-state index contributed by atoms with van der Waals surface area (Å²) >= 11 is 0. The first kappa shape index (κ1) is 12.6. The number of piperidine rings is 1. The van der Waals surface area contributed by atoms with E-state index in [0.717, 1.165) is 10.5 Å². The van der Waals surface area contributed by atoms with Gasteiger partial charge in [0.15, 0.2) is 0 Å². The van der Waals surface area contributed by atoms with Crippen molar-refractivity contribution in [3.05, 3.63) is 47.6 Å². The summed E-state index contributed by atoms with van der Waals surface area (Å²) in [4.78, 5) is 36.5. The Morgan fingerprint density at radius 2 is 2.05 bits per heavy atom. The SMILES string of the molecule is O=C(O)CCN1C(=O)C2=CC=CC3=CC=C[C@H](C1=O)[C@H]32. The van der Waals surface area contributed by atoms with Crippen LogP contribution in [0.15, 0.2) is 47.6 Å². The third-order valence-electron chi connectivity index (χ3n) is 3.82. The van der Waals surface area contributed by atoms with Crippen LogP contribution in [0.1, 0.15) is 6.42 Å². The summed E-state index contributed by atoms with van der Waals surface area (Å²) in [5.41, 5.74) is 1.52. The maximum absolute atomic E-state index is 12.4. The lowest BCUT2D eigenvalue weighted by molar-refractivity contribution is -0.149. The van der Waals surface area contributed by atoms with Crippen LogP contribution in [0.3, 0.4) is 0 Å². The van der Waals surface area contributed by atoms with Crippen molar-refractivity contribution in [3.8, 4) is 0 Å². The van der Waals surface area contributed by atoms with Gasteiger partial charge in [0.2, 0.25) is 5.91 Å². The fourth-order valence-electron chi connectivity index (χ4n) is 2.89. The van der Waals surface area contributed by atoms with E-state index in [1.54, 1.807) is 18.2 Å². The molecule has 1 fully saturated rings. The van der Waals surface area contributed by atoms with Crippen molar-refractivity contribution in [2.75, 3.05) is 6.54 Å². The van der Waals surface area contributed by atoms with Gasteiger partial charge in [-0.2, -0.15) is 0 Å². The van der Waals surface area contributed by atoms with Gasteiger partial charge in [0.1, 0.15) is 0 Å². The number of carbonyl (C=O) groups excluding carboxylic acids is 2. The predicted octanol–water partition coefficient (Wildman–Crippen LogP) is 1.05. The molecular formula is C15H13NO4. The molecule has 1 aliphatic heterocycles. The van der Waals surface area contributed by atoms with Gasteiger partial charge in [-0.05, 0) is 5.57 Å². The summed E-state index contributed by atoms with van der Waals surface area (Å²) in [6.45, 7) is -0.0792. The highest BCUT2D eigenvalue weighted by Gasteiger charge is 2.45. The lowest BCUT2D eigenvalue weighted by Gasteiger charge is -2.39. The van der Waals surface area contributed by atoms with Crippen molar-refractivity contribution in [2.45, 2.75) is 6.42 Å². The molecule has 1 saturated heterocycles. The molecule has 20 heavy (non-hydrogen) atoms. The number of imide groups is 1. The monoisotopic (exact) mass is 271 g/mol. The van der Waals surface area contributed by atoms with Gasteiger partial charge in [0.05, 0.1) is 12.3 Å². The average molecular weight is 271 g/mol. The Bertz CT molecular complexity index is 624. The molecule has 0 bridgehead atoms. The van der Waals surface area contributed by atoms with E-state index in [1.807, 2.05) is 18.2 Å². The molecule has 3 rings (SSSR count). The van der Waals surface area contributed by atoms with Gasteiger partial charge >= 0.3 is 5.97 Å². The van der Waals surface area contributed by atoms with Crippen molar-refractivity contribution in [3.63, 3.8) is 0 Å². The molecule has 2 amide bonds. The van der Waals surface area contributed by atoms with E-state index in [4.69, 9.17) is 5.11 Å². The molecule has 2 aliphatic carbocycles. The first-order valence-electron chi connectivity index (χ1n) is 6.44. The topological polar surface area (TPSA) is 74.7 Å². The third-order valence-corrected chi connectivity index (χ3v) is 3.82. The van der Waals surface area contributed by atoms with Crippen LogP contribution < -0.4 is 0 Å². The normalized spacial score (nSPS) is 27.1. The number of carbonyl (C=O) groups is 3. The van der Waals surface area contributed by atoms with Crippen molar-refractivity contribution < 1.29 is 19.5 Å². The Hall–Kier alpha value is -2.43. The Morgan fingerprint density at radius 1 is 1.25 bits per heavy atom. The van der Waals surface area contributed by atoms with Gasteiger partial charge in [0.25, 0.3) is 5.91 Å². The van der Waals surface area contributed by atoms with Gasteiger partial charge in [-0.15, -0.1) is 0 Å². The van der Waals surface area contributed by atoms with Gasteiger partial charge in [-0.1, -0.05) is 36.5 Å². The van der Waals surface area contributed by atoms with E-state index in [2.05, 4.69) is 0 Å². The van der Waals surface area contributed by atoms with Crippen LogP contribution >= 0.6 is 0 Å². The van der Waals surface area contributed by atoms with Crippen LogP contribution in [0, 0.1) is 11.8 Å². The molecule has 0 saturated carbocycles. The van der Waals surface area contributed by atoms with Gasteiger partial charge in [-0.3, -0.25) is 19.3 Å². The zero-order valence-electron chi connectivity index (χ0n) is 10.7. The van der Waals surface area contributed by atoms with Gasteiger partial charge < -0.3 is 5.11 Å². The highest BCUT2D eigenvalue weighted by Crippen LogP contribution is 2.41. The van der Waals surface area contributed by atoms with E-state index in [1.165, 1.54) is 0 Å². The van der Waals surface area contributed by atoms with Crippen LogP contribution in [0.5, 0.6) is 0 Å². The molecular weight excluding hydrogens is 258 g/mol. The molecule has 1 heterocycles. The molecule has 1 N–H and O–H groups in total. The second-order valence-corrected chi connectivity index (χ2v) is 4.97. The average Bonchev–Trinajstić information content (AvgIpc) is 2.44. The quantitative estimate of drug-likeness (QED) is 0.779. The van der Waals surface area contributed by atoms with E-state index in [-0.39, 0.29) is 30.7 Å². The summed E-state index contributed by atoms with van der Waals surface area (Å²) in [6.07, 6.45) is 10.7. The second kappa shape index (κ2) is 4.59. The number of carboxylic acids is 1. The minimum Gasteiger partial charge on any atom is -0.481 e. The van der Waals surface area contributed by atoms with Crippen LogP contribution in [0.25, 0.3) is 0 Å². The van der Waals surface area contributed by atoms with Gasteiger partial charge in [0, 0.05) is 18.0 Å². The van der Waals surface area contributed by atoms with Crippen LogP contribution in [0.2, 0.25) is 0 Å². The van der Waals surface area contributed by atoms with Crippen molar-refractivity contribution in [2.24, 2.45) is 11.8 Å². The Labute approximate surface area is 115 Å². The molecule has 0 aromatic rings. The molecule has 0 radical (unpaired) electrons. The second-order valence-electron chi connectivity index (χ2n) is 4.97. The van der Waals surface area contributed by atoms with Crippen LogP contribution in [0.4, 0.5) is 0 Å². The van der Waals surface area contributed by atoms with E-state index in [0.29, 0.717) is 5.57 Å². The van der Waals surface area contributed by atoms with Crippen molar-refractivity contribution in [1.82, 2.24) is 4.90 Å². The summed E-state index contributed by atoms with van der Waals surface area (Å²) in [5, 5.41) is 8.73. The smallest absolute Gasteiger partial charge is 0.305 e. The number of aliphatic carboxylic acids is 1. The Kier molecular flexibility index (Phi) is 2.89. The number of hydrogen-bond donors (Lipinski definition) is 1. The molecule has 0 spiro atoms. The maximum atomic E-state index is 12.4. The number of rotatable bonds is 3. The number of nitrogens with zero attached hydrogens (tertiary/aromatic N) is 1. The Balaban J connectivity index is 1.96. The van der Waals surface area contributed by atoms with Crippen molar-refractivity contribution in [1.29, 1.82) is 0 Å². The molecule has 0 aromatic carbocycles. The minimum atomic E-state index is -1.02. The van der Waals surface area contributed by atoms with E-state index >= 15 is 0 Å². The molecule has 0 unspecified atom stereocenters. The van der Waals surface area contributed by atoms with E-state index < -0.39 is 11.9 Å². The third kappa shape index (κ3) is 1.82. The maximum Gasteiger partial charge on any atom is 0.305 e. The zero-order valence-corrected chi connectivity index (χ0v) is 10.7. The molecule has 3 aliphatic rings. The van der Waals surface area contributed by atoms with Crippen LogP contribution in [-0.4, -0.2) is 34.3 Å². The fraction of sp³-hybridized carbons (Fsp3) is 0.267. The van der Waals surface area contributed by atoms with E-state index in [9.17, 15) is 14.4 Å². The standard InChI is InChI=1S/C15H13NO4/c17-12(18)7-8-16-14(19)10-5-1-3-9-4-2-6-11(13(9)10)15(16)20/h1-6,10,13H,7-8H2,(H,17,18)/t10-,13-/m0/s1. The lowest BCUT2D eigenvalue weighted by Crippen LogP contribution is -2.51. The molecule has 5 nitrogen and oxygen atoms in total. The highest BCUT2D eigenvalue weighted by atomic mass is 16.4. The molecule has 5 heteroatoms. The van der Waals surface area contributed by atoms with Crippen LogP contribution in [-0.2, 0) is 14.4 Å². The number of carboxylic acid groups (broad SMARTS) is 1.